The molecular formula is C25H30FN5O. The Morgan fingerprint density at radius 2 is 1.81 bits per heavy atom. The van der Waals surface area contributed by atoms with E-state index in [4.69, 9.17) is 11.1 Å². The Kier molecular flexibility index (Phi) is 5.24. The van der Waals surface area contributed by atoms with Gasteiger partial charge in [0.15, 0.2) is 5.67 Å². The maximum absolute atomic E-state index is 15.7. The van der Waals surface area contributed by atoms with Crippen LogP contribution in [0.4, 0.5) is 10.2 Å². The second-order valence-corrected chi connectivity index (χ2v) is 9.52. The lowest BCUT2D eigenvalue weighted by molar-refractivity contribution is -0.149. The summed E-state index contributed by atoms with van der Waals surface area (Å²) in [6.45, 7) is 2.80. The summed E-state index contributed by atoms with van der Waals surface area (Å²) in [5.74, 6) is 0.119. The van der Waals surface area contributed by atoms with Gasteiger partial charge in [-0.25, -0.2) is 9.37 Å². The Morgan fingerprint density at radius 3 is 2.53 bits per heavy atom. The van der Waals surface area contributed by atoms with Crippen molar-refractivity contribution in [3.63, 3.8) is 0 Å². The van der Waals surface area contributed by atoms with Crippen LogP contribution in [0.5, 0.6) is 0 Å². The molecule has 1 aromatic heterocycles. The lowest BCUT2D eigenvalue weighted by Gasteiger charge is -2.43. The molecule has 3 heterocycles. The number of alkyl halides is 1. The second-order valence-electron chi connectivity index (χ2n) is 9.52. The van der Waals surface area contributed by atoms with E-state index in [0.717, 1.165) is 11.3 Å². The highest BCUT2D eigenvalue weighted by atomic mass is 19.1. The van der Waals surface area contributed by atoms with E-state index >= 15 is 4.39 Å². The van der Waals surface area contributed by atoms with Crippen LogP contribution in [0.15, 0.2) is 42.6 Å². The van der Waals surface area contributed by atoms with E-state index in [1.54, 1.807) is 11.1 Å². The van der Waals surface area contributed by atoms with Gasteiger partial charge in [-0.3, -0.25) is 9.69 Å². The zero-order chi connectivity index (χ0) is 22.3. The Bertz CT molecular complexity index is 1040. The van der Waals surface area contributed by atoms with E-state index in [0.29, 0.717) is 57.8 Å². The molecular weight excluding hydrogens is 405 g/mol. The van der Waals surface area contributed by atoms with Crippen LogP contribution < -0.4 is 5.73 Å². The first-order valence-electron chi connectivity index (χ1n) is 11.5. The number of aromatic nitrogens is 1. The zero-order valence-corrected chi connectivity index (χ0v) is 18.3. The van der Waals surface area contributed by atoms with Crippen LogP contribution in [0.3, 0.4) is 0 Å². The van der Waals surface area contributed by atoms with Gasteiger partial charge in [0.25, 0.3) is 5.91 Å². The predicted octanol–water partition coefficient (Wildman–Crippen LogP) is 3.10. The third kappa shape index (κ3) is 3.58. The van der Waals surface area contributed by atoms with E-state index in [1.165, 1.54) is 11.1 Å². The number of amides is 1. The number of hydrogen-bond acceptors (Lipinski definition) is 5. The molecule has 0 saturated carbocycles. The number of nitrogens with zero attached hydrogens (tertiary/aromatic N) is 3. The summed E-state index contributed by atoms with van der Waals surface area (Å²) >= 11 is 0. The number of halogens is 1. The third-order valence-corrected chi connectivity index (χ3v) is 7.67. The van der Waals surface area contributed by atoms with Crippen molar-refractivity contribution in [1.29, 1.82) is 5.41 Å². The molecule has 6 nitrogen and oxygen atoms in total. The van der Waals surface area contributed by atoms with Crippen LogP contribution in [-0.4, -0.2) is 58.3 Å². The van der Waals surface area contributed by atoms with Gasteiger partial charge in [-0.2, -0.15) is 0 Å². The number of hydrogen-bond donors (Lipinski definition) is 2. The second kappa shape index (κ2) is 7.96. The standard InChI is InChI=1S/C25H30FN5O/c26-25(8-11-30(12-9-25)17-18-5-10-29-22(28)15-18)23(32)31-13-6-24(7-14-31)20-4-2-1-3-19(20)16-21(24)27/h1-5,10,15,27H,6-9,11-14,16-17H2,(H2,28,29). The minimum atomic E-state index is -1.79. The van der Waals surface area contributed by atoms with E-state index in [-0.39, 0.29) is 24.2 Å². The van der Waals surface area contributed by atoms with Gasteiger partial charge in [-0.05, 0) is 41.7 Å². The van der Waals surface area contributed by atoms with E-state index in [1.807, 2.05) is 24.3 Å². The van der Waals surface area contributed by atoms with Crippen LogP contribution in [0.1, 0.15) is 42.4 Å². The first kappa shape index (κ1) is 21.1. The fourth-order valence-corrected chi connectivity index (χ4v) is 5.74. The number of likely N-dealkylation sites (tertiary alicyclic amines) is 2. The molecule has 3 aliphatic rings. The summed E-state index contributed by atoms with van der Waals surface area (Å²) in [6.07, 6.45) is 4.22. The third-order valence-electron chi connectivity index (χ3n) is 7.67. The Morgan fingerprint density at radius 1 is 1.09 bits per heavy atom. The van der Waals surface area contributed by atoms with Gasteiger partial charge in [-0.1, -0.05) is 24.3 Å². The lowest BCUT2D eigenvalue weighted by atomic mass is 9.72. The monoisotopic (exact) mass is 435 g/mol. The number of rotatable bonds is 3. The molecule has 7 heteroatoms. The molecule has 0 atom stereocenters. The van der Waals surface area contributed by atoms with Gasteiger partial charge in [0, 0.05) is 69.3 Å². The first-order valence-corrected chi connectivity index (χ1v) is 11.5. The average molecular weight is 436 g/mol. The topological polar surface area (TPSA) is 86.3 Å². The lowest BCUT2D eigenvalue weighted by Crippen LogP contribution is -2.56. The maximum Gasteiger partial charge on any atom is 0.260 e. The molecule has 168 valence electrons. The number of pyridine rings is 1. The van der Waals surface area contributed by atoms with E-state index in [2.05, 4.69) is 22.0 Å². The summed E-state index contributed by atoms with van der Waals surface area (Å²) in [5.41, 5.74) is 7.94. The molecule has 0 radical (unpaired) electrons. The molecule has 0 bridgehead atoms. The van der Waals surface area contributed by atoms with Crippen molar-refractivity contribution in [3.05, 3.63) is 59.3 Å². The number of anilines is 1. The van der Waals surface area contributed by atoms with Gasteiger partial charge in [0.2, 0.25) is 0 Å². The number of nitrogens with one attached hydrogen (secondary N) is 1. The summed E-state index contributed by atoms with van der Waals surface area (Å²) in [7, 11) is 0. The first-order chi connectivity index (χ1) is 15.4. The van der Waals surface area contributed by atoms with Crippen LogP contribution >= 0.6 is 0 Å². The molecule has 2 aromatic rings. The highest BCUT2D eigenvalue weighted by Crippen LogP contribution is 2.44. The molecule has 32 heavy (non-hydrogen) atoms. The van der Waals surface area contributed by atoms with Crippen molar-refractivity contribution in [3.8, 4) is 0 Å². The molecule has 2 fully saturated rings. The smallest absolute Gasteiger partial charge is 0.260 e. The molecule has 2 aliphatic heterocycles. The molecule has 1 amide bonds. The maximum atomic E-state index is 15.7. The molecule has 1 aromatic carbocycles. The summed E-state index contributed by atoms with van der Waals surface area (Å²) < 4.78 is 15.7. The van der Waals surface area contributed by atoms with Gasteiger partial charge < -0.3 is 16.0 Å². The molecule has 1 aliphatic carbocycles. The van der Waals surface area contributed by atoms with Crippen LogP contribution in [-0.2, 0) is 23.2 Å². The molecule has 5 rings (SSSR count). The SMILES string of the molecule is N=C1Cc2ccccc2C12CCN(C(=O)C1(F)CCN(Cc3ccnc(N)c3)CC1)CC2. The molecule has 2 saturated heterocycles. The van der Waals surface area contributed by atoms with Crippen LogP contribution in [0, 0.1) is 5.41 Å². The quantitative estimate of drug-likeness (QED) is 0.776. The fraction of sp³-hybridized carbons (Fsp3) is 0.480. The van der Waals surface area contributed by atoms with E-state index in [9.17, 15) is 4.79 Å². The van der Waals surface area contributed by atoms with Crippen molar-refractivity contribution in [2.75, 3.05) is 31.9 Å². The Hall–Kier alpha value is -2.80. The number of carbonyl (C=O) groups is 1. The van der Waals surface area contributed by atoms with Gasteiger partial charge in [0.05, 0.1) is 0 Å². The summed E-state index contributed by atoms with van der Waals surface area (Å²) in [4.78, 5) is 21.1. The van der Waals surface area contributed by atoms with Crippen LogP contribution in [0.25, 0.3) is 0 Å². The van der Waals surface area contributed by atoms with Crippen molar-refractivity contribution < 1.29 is 9.18 Å². The summed E-state index contributed by atoms with van der Waals surface area (Å²) in [5, 5.41) is 8.62. The number of nitrogen functional groups attached to an aromatic ring is 1. The van der Waals surface area contributed by atoms with Gasteiger partial charge in [0.1, 0.15) is 5.82 Å². The zero-order valence-electron chi connectivity index (χ0n) is 18.3. The minimum absolute atomic E-state index is 0.215. The van der Waals surface area contributed by atoms with Crippen LogP contribution in [0.2, 0.25) is 0 Å². The molecule has 0 unspecified atom stereocenters. The normalized spacial score (nSPS) is 22.2. The van der Waals surface area contributed by atoms with Gasteiger partial charge >= 0.3 is 0 Å². The van der Waals surface area contributed by atoms with E-state index < -0.39 is 5.67 Å². The van der Waals surface area contributed by atoms with Crippen molar-refractivity contribution >= 4 is 17.4 Å². The minimum Gasteiger partial charge on any atom is -0.384 e. The highest BCUT2D eigenvalue weighted by molar-refractivity contribution is 5.99. The highest BCUT2D eigenvalue weighted by Gasteiger charge is 2.49. The van der Waals surface area contributed by atoms with Gasteiger partial charge in [-0.15, -0.1) is 0 Å². The number of benzene rings is 1. The van der Waals surface area contributed by atoms with Crippen molar-refractivity contribution in [2.24, 2.45) is 0 Å². The summed E-state index contributed by atoms with van der Waals surface area (Å²) in [6, 6.07) is 12.0. The Balaban J connectivity index is 1.20. The largest absolute Gasteiger partial charge is 0.384 e. The fourth-order valence-electron chi connectivity index (χ4n) is 5.74. The number of piperidine rings is 2. The Labute approximate surface area is 188 Å². The predicted molar refractivity (Wildman–Crippen MR) is 122 cm³/mol. The molecule has 1 spiro atoms. The number of fused-ring (bicyclic) bond motifs is 2. The van der Waals surface area contributed by atoms with Crippen molar-refractivity contribution in [2.45, 2.75) is 49.7 Å². The molecule has 3 N–H and O–H groups in total. The number of nitrogens with two attached hydrogens (primary N) is 1. The van der Waals surface area contributed by atoms with Crippen molar-refractivity contribution in [1.82, 2.24) is 14.8 Å². The number of carbonyl (C=O) groups excluding carboxylic acids is 1. The average Bonchev–Trinajstić information content (AvgIpc) is 3.07.